The van der Waals surface area contributed by atoms with Crippen molar-refractivity contribution in [1.82, 2.24) is 0 Å². The lowest BCUT2D eigenvalue weighted by atomic mass is 9.93. The fraction of sp³-hybridized carbons (Fsp3) is 1.00. The van der Waals surface area contributed by atoms with Gasteiger partial charge >= 0.3 is 0 Å². The summed E-state index contributed by atoms with van der Waals surface area (Å²) in [6.45, 7) is 3.78. The molecule has 1 aliphatic heterocycles. The molecule has 0 aliphatic carbocycles. The lowest BCUT2D eigenvalue weighted by molar-refractivity contribution is 0.409. The zero-order valence-corrected chi connectivity index (χ0v) is 8.47. The van der Waals surface area contributed by atoms with Gasteiger partial charge in [0.25, 0.3) is 0 Å². The maximum Gasteiger partial charge on any atom is 0.153 e. The van der Waals surface area contributed by atoms with E-state index < -0.39 is 9.84 Å². The van der Waals surface area contributed by atoms with Gasteiger partial charge in [-0.15, -0.1) is 0 Å². The Morgan fingerprint density at radius 3 is 2.50 bits per heavy atom. The van der Waals surface area contributed by atoms with Crippen molar-refractivity contribution < 1.29 is 8.42 Å². The molecule has 4 heteroatoms. The average Bonchev–Trinajstić information content (AvgIpc) is 2.27. The Balaban J connectivity index is 2.74. The highest BCUT2D eigenvalue weighted by atomic mass is 32.2. The van der Waals surface area contributed by atoms with Gasteiger partial charge in [0, 0.05) is 6.04 Å². The van der Waals surface area contributed by atoms with Gasteiger partial charge in [0.1, 0.15) is 0 Å². The van der Waals surface area contributed by atoms with E-state index in [-0.39, 0.29) is 17.2 Å². The van der Waals surface area contributed by atoms with Gasteiger partial charge in [0.05, 0.1) is 11.0 Å². The van der Waals surface area contributed by atoms with E-state index in [4.69, 9.17) is 5.73 Å². The van der Waals surface area contributed by atoms with Crippen LogP contribution in [0.2, 0.25) is 0 Å². The lowest BCUT2D eigenvalue weighted by Gasteiger charge is -2.20. The smallest absolute Gasteiger partial charge is 0.153 e. The molecular weight excluding hydrogens is 174 g/mol. The van der Waals surface area contributed by atoms with Crippen LogP contribution in [0.3, 0.4) is 0 Å². The molecule has 0 saturated carbocycles. The maximum absolute atomic E-state index is 11.3. The average molecular weight is 191 g/mol. The summed E-state index contributed by atoms with van der Waals surface area (Å²) in [4.78, 5) is 0. The number of rotatable bonds is 2. The first kappa shape index (κ1) is 9.99. The minimum Gasteiger partial charge on any atom is -0.327 e. The van der Waals surface area contributed by atoms with Crippen molar-refractivity contribution >= 4 is 9.84 Å². The second-order valence-corrected chi connectivity index (χ2v) is 6.07. The molecule has 3 nitrogen and oxygen atoms in total. The molecule has 0 radical (unpaired) electrons. The number of nitrogens with two attached hydrogens (primary N) is 1. The van der Waals surface area contributed by atoms with Crippen molar-refractivity contribution in [1.29, 1.82) is 0 Å². The fourth-order valence-corrected chi connectivity index (χ4v) is 3.70. The highest BCUT2D eigenvalue weighted by molar-refractivity contribution is 7.92. The molecule has 2 N–H and O–H groups in total. The third kappa shape index (κ3) is 1.64. The highest BCUT2D eigenvalue weighted by Crippen LogP contribution is 2.29. The molecule has 3 atom stereocenters. The third-order valence-corrected chi connectivity index (χ3v) is 5.21. The molecule has 0 aromatic carbocycles. The number of hydrogen-bond donors (Lipinski definition) is 1. The Hall–Kier alpha value is -0.0900. The first-order valence-corrected chi connectivity index (χ1v) is 6.17. The molecule has 1 aliphatic rings. The predicted molar refractivity (Wildman–Crippen MR) is 49.6 cm³/mol. The van der Waals surface area contributed by atoms with Crippen LogP contribution in [0.5, 0.6) is 0 Å². The van der Waals surface area contributed by atoms with E-state index in [0.717, 1.165) is 12.8 Å². The van der Waals surface area contributed by atoms with Crippen molar-refractivity contribution in [2.75, 3.05) is 5.75 Å². The zero-order chi connectivity index (χ0) is 9.35. The lowest BCUT2D eigenvalue weighted by Crippen LogP contribution is -2.34. The van der Waals surface area contributed by atoms with E-state index in [1.165, 1.54) is 0 Å². The van der Waals surface area contributed by atoms with E-state index in [0.29, 0.717) is 5.75 Å². The highest BCUT2D eigenvalue weighted by Gasteiger charge is 2.38. The molecule has 1 saturated heterocycles. The van der Waals surface area contributed by atoms with Gasteiger partial charge in [-0.2, -0.15) is 0 Å². The van der Waals surface area contributed by atoms with Crippen LogP contribution in [-0.4, -0.2) is 25.5 Å². The summed E-state index contributed by atoms with van der Waals surface area (Å²) in [7, 11) is -2.81. The van der Waals surface area contributed by atoms with E-state index in [1.54, 1.807) is 6.92 Å². The summed E-state index contributed by atoms with van der Waals surface area (Å²) in [5, 5.41) is -0.229. The summed E-state index contributed by atoms with van der Waals surface area (Å²) in [6, 6.07) is 0.0530. The van der Waals surface area contributed by atoms with Gasteiger partial charge in [0.2, 0.25) is 0 Å². The van der Waals surface area contributed by atoms with Crippen LogP contribution in [0, 0.1) is 5.92 Å². The minimum atomic E-state index is -2.81. The second kappa shape index (κ2) is 3.34. The standard InChI is InChI=1S/C8H17NO2S/c1-3-8(9)7-4-5-12(10,11)6(7)2/h6-8H,3-5,9H2,1-2H3. The quantitative estimate of drug-likeness (QED) is 0.693. The van der Waals surface area contributed by atoms with Crippen LogP contribution in [0.25, 0.3) is 0 Å². The van der Waals surface area contributed by atoms with E-state index in [2.05, 4.69) is 0 Å². The Kier molecular flexibility index (Phi) is 2.78. The Morgan fingerprint density at radius 2 is 2.17 bits per heavy atom. The molecule has 1 heterocycles. The largest absolute Gasteiger partial charge is 0.327 e. The molecular formula is C8H17NO2S. The fourth-order valence-electron chi connectivity index (χ4n) is 1.85. The van der Waals surface area contributed by atoms with Crippen molar-refractivity contribution in [2.24, 2.45) is 11.7 Å². The first-order chi connectivity index (χ1) is 5.49. The predicted octanol–water partition coefficient (Wildman–Crippen LogP) is 0.547. The SMILES string of the molecule is CCC(N)C1CCS(=O)(=O)C1C. The van der Waals surface area contributed by atoms with Crippen LogP contribution in [-0.2, 0) is 9.84 Å². The third-order valence-electron chi connectivity index (χ3n) is 2.93. The van der Waals surface area contributed by atoms with Crippen molar-refractivity contribution in [3.63, 3.8) is 0 Å². The summed E-state index contributed by atoms with van der Waals surface area (Å²) < 4.78 is 22.7. The summed E-state index contributed by atoms with van der Waals surface area (Å²) in [5.41, 5.74) is 5.83. The molecule has 12 heavy (non-hydrogen) atoms. The van der Waals surface area contributed by atoms with Crippen molar-refractivity contribution in [3.8, 4) is 0 Å². The molecule has 3 unspecified atom stereocenters. The van der Waals surface area contributed by atoms with Crippen LogP contribution < -0.4 is 5.73 Å². The van der Waals surface area contributed by atoms with Gasteiger partial charge in [-0.25, -0.2) is 8.42 Å². The van der Waals surface area contributed by atoms with E-state index >= 15 is 0 Å². The summed E-state index contributed by atoms with van der Waals surface area (Å²) in [5.74, 6) is 0.506. The maximum atomic E-state index is 11.3. The summed E-state index contributed by atoms with van der Waals surface area (Å²) in [6.07, 6.45) is 1.61. The summed E-state index contributed by atoms with van der Waals surface area (Å²) >= 11 is 0. The van der Waals surface area contributed by atoms with Crippen LogP contribution >= 0.6 is 0 Å². The minimum absolute atomic E-state index is 0.0530. The van der Waals surface area contributed by atoms with E-state index in [1.807, 2.05) is 6.92 Å². The second-order valence-electron chi connectivity index (χ2n) is 3.60. The molecule has 0 amide bonds. The molecule has 1 rings (SSSR count). The topological polar surface area (TPSA) is 60.2 Å². The Morgan fingerprint density at radius 1 is 1.58 bits per heavy atom. The molecule has 72 valence electrons. The van der Waals surface area contributed by atoms with Crippen LogP contribution in [0.4, 0.5) is 0 Å². The van der Waals surface area contributed by atoms with Gasteiger partial charge in [-0.1, -0.05) is 6.92 Å². The van der Waals surface area contributed by atoms with Gasteiger partial charge in [0.15, 0.2) is 9.84 Å². The molecule has 0 aromatic rings. The van der Waals surface area contributed by atoms with Gasteiger partial charge < -0.3 is 5.73 Å². The molecule has 0 aromatic heterocycles. The number of sulfone groups is 1. The number of hydrogen-bond acceptors (Lipinski definition) is 3. The molecule has 0 bridgehead atoms. The van der Waals surface area contributed by atoms with Crippen molar-refractivity contribution in [3.05, 3.63) is 0 Å². The Labute approximate surface area is 74.3 Å². The van der Waals surface area contributed by atoms with Crippen molar-refractivity contribution in [2.45, 2.75) is 38.0 Å². The molecule has 1 fully saturated rings. The van der Waals surface area contributed by atoms with E-state index in [9.17, 15) is 8.42 Å². The zero-order valence-electron chi connectivity index (χ0n) is 7.66. The first-order valence-electron chi connectivity index (χ1n) is 4.46. The van der Waals surface area contributed by atoms with Gasteiger partial charge in [-0.3, -0.25) is 0 Å². The van der Waals surface area contributed by atoms with Crippen LogP contribution in [0.15, 0.2) is 0 Å². The van der Waals surface area contributed by atoms with Gasteiger partial charge in [-0.05, 0) is 25.7 Å². The monoisotopic (exact) mass is 191 g/mol. The normalized spacial score (nSPS) is 36.6. The molecule has 0 spiro atoms. The van der Waals surface area contributed by atoms with Crippen LogP contribution in [0.1, 0.15) is 26.7 Å². The Bertz CT molecular complexity index is 248.